The van der Waals surface area contributed by atoms with Crippen molar-refractivity contribution in [3.8, 4) is 0 Å². The molecule has 1 atom stereocenters. The molecule has 94 valence electrons. The molecule has 0 saturated heterocycles. The van der Waals surface area contributed by atoms with Gasteiger partial charge in [0.1, 0.15) is 0 Å². The van der Waals surface area contributed by atoms with Gasteiger partial charge in [0.2, 0.25) is 0 Å². The van der Waals surface area contributed by atoms with Crippen molar-refractivity contribution < 1.29 is 0 Å². The molecule has 2 rings (SSSR count). The van der Waals surface area contributed by atoms with E-state index < -0.39 is 0 Å². The van der Waals surface area contributed by atoms with E-state index in [2.05, 4.69) is 75.8 Å². The van der Waals surface area contributed by atoms with Crippen LogP contribution in [0.2, 0.25) is 5.02 Å². The summed E-state index contributed by atoms with van der Waals surface area (Å²) in [7, 11) is 0. The molecule has 0 aliphatic rings. The largest absolute Gasteiger partial charge is 0.0843 e. The summed E-state index contributed by atoms with van der Waals surface area (Å²) in [5.41, 5.74) is 3.89. The van der Waals surface area contributed by atoms with Gasteiger partial charge in [-0.2, -0.15) is 0 Å². The Morgan fingerprint density at radius 1 is 1.22 bits per heavy atom. The van der Waals surface area contributed by atoms with E-state index in [1.54, 1.807) is 0 Å². The number of aryl methyl sites for hydroxylation is 1. The fourth-order valence-electron chi connectivity index (χ4n) is 1.91. The highest BCUT2D eigenvalue weighted by Crippen LogP contribution is 2.32. The number of alkyl halides is 1. The van der Waals surface area contributed by atoms with Gasteiger partial charge < -0.3 is 0 Å². The quantitative estimate of drug-likeness (QED) is 0.414. The maximum Gasteiger partial charge on any atom is 0.0446 e. The maximum atomic E-state index is 6.06. The van der Waals surface area contributed by atoms with Crippen molar-refractivity contribution in [1.82, 2.24) is 0 Å². The van der Waals surface area contributed by atoms with E-state index in [0.717, 1.165) is 11.4 Å². The Balaban J connectivity index is 2.21. The van der Waals surface area contributed by atoms with Crippen molar-refractivity contribution >= 4 is 50.1 Å². The summed E-state index contributed by atoms with van der Waals surface area (Å²) in [4.78, 5) is 0.296. The minimum absolute atomic E-state index is 0.296. The normalized spacial score (nSPS) is 12.4. The van der Waals surface area contributed by atoms with Crippen molar-refractivity contribution in [3.05, 3.63) is 67.7 Å². The van der Waals surface area contributed by atoms with Crippen LogP contribution >= 0.6 is 50.1 Å². The Labute approximate surface area is 135 Å². The molecule has 0 N–H and O–H groups in total. The first-order valence-electron chi connectivity index (χ1n) is 5.71. The zero-order chi connectivity index (χ0) is 13.1. The Bertz CT molecular complexity index is 554. The van der Waals surface area contributed by atoms with Crippen molar-refractivity contribution in [2.75, 3.05) is 0 Å². The van der Waals surface area contributed by atoms with E-state index in [9.17, 15) is 0 Å². The van der Waals surface area contributed by atoms with Crippen molar-refractivity contribution in [2.24, 2.45) is 0 Å². The molecule has 0 amide bonds. The number of halogens is 3. The summed E-state index contributed by atoms with van der Waals surface area (Å²) in [6.45, 7) is 2.12. The van der Waals surface area contributed by atoms with Crippen LogP contribution in [0.1, 0.15) is 21.5 Å². The van der Waals surface area contributed by atoms with Crippen molar-refractivity contribution in [1.29, 1.82) is 0 Å². The highest BCUT2D eigenvalue weighted by Gasteiger charge is 2.12. The predicted molar refractivity (Wildman–Crippen MR) is 90.7 cm³/mol. The fraction of sp³-hybridized carbons (Fsp3) is 0.200. The molecular weight excluding hydrogens is 422 g/mol. The summed E-state index contributed by atoms with van der Waals surface area (Å²) in [5.74, 6) is 0. The summed E-state index contributed by atoms with van der Waals surface area (Å²) in [5, 5.41) is 0.791. The monoisotopic (exact) mass is 434 g/mol. The lowest BCUT2D eigenvalue weighted by molar-refractivity contribution is 0.941. The molecule has 0 saturated carbocycles. The Morgan fingerprint density at radius 3 is 2.72 bits per heavy atom. The van der Waals surface area contributed by atoms with E-state index in [4.69, 9.17) is 11.6 Å². The van der Waals surface area contributed by atoms with E-state index in [1.165, 1.54) is 20.3 Å². The topological polar surface area (TPSA) is 0 Å². The molecule has 0 spiro atoms. The van der Waals surface area contributed by atoms with E-state index in [1.807, 2.05) is 12.1 Å². The van der Waals surface area contributed by atoms with E-state index >= 15 is 0 Å². The van der Waals surface area contributed by atoms with Crippen LogP contribution in [-0.2, 0) is 6.42 Å². The molecule has 1 unspecified atom stereocenters. The molecule has 0 nitrogen and oxygen atoms in total. The third kappa shape index (κ3) is 3.72. The molecular formula is C15H13BrClI. The van der Waals surface area contributed by atoms with Crippen LogP contribution in [0.5, 0.6) is 0 Å². The van der Waals surface area contributed by atoms with Gasteiger partial charge in [-0.15, -0.1) is 0 Å². The first kappa shape index (κ1) is 14.4. The molecule has 2 aromatic rings. The molecule has 3 heteroatoms. The summed E-state index contributed by atoms with van der Waals surface area (Å²) < 4.78 is 1.24. The number of benzene rings is 2. The SMILES string of the molecule is Cc1cccc(CC(Br)c2cc(Cl)ccc2I)c1. The lowest BCUT2D eigenvalue weighted by Crippen LogP contribution is -1.98. The fourth-order valence-corrected chi connectivity index (χ4v) is 3.98. The Kier molecular flexibility index (Phi) is 5.10. The second-order valence-corrected chi connectivity index (χ2v) is 7.03. The molecule has 2 aromatic carbocycles. The van der Waals surface area contributed by atoms with Crippen LogP contribution < -0.4 is 0 Å². The molecule has 0 heterocycles. The van der Waals surface area contributed by atoms with Gasteiger partial charge in [0.25, 0.3) is 0 Å². The minimum atomic E-state index is 0.296. The number of hydrogen-bond acceptors (Lipinski definition) is 0. The van der Waals surface area contributed by atoms with Crippen molar-refractivity contribution in [2.45, 2.75) is 18.2 Å². The molecule has 0 aromatic heterocycles. The van der Waals surface area contributed by atoms with E-state index in [-0.39, 0.29) is 0 Å². The molecule has 0 fully saturated rings. The van der Waals surface area contributed by atoms with Crippen LogP contribution in [0.4, 0.5) is 0 Å². The average molecular weight is 436 g/mol. The first-order valence-corrected chi connectivity index (χ1v) is 8.08. The predicted octanol–water partition coefficient (Wildman–Crippen LogP) is 5.93. The van der Waals surface area contributed by atoms with Crippen LogP contribution in [0.3, 0.4) is 0 Å². The molecule has 0 aliphatic carbocycles. The highest BCUT2D eigenvalue weighted by molar-refractivity contribution is 14.1. The Hall–Kier alpha value is -0.0600. The lowest BCUT2D eigenvalue weighted by atomic mass is 10.0. The van der Waals surface area contributed by atoms with Gasteiger partial charge in [-0.25, -0.2) is 0 Å². The van der Waals surface area contributed by atoms with Crippen LogP contribution in [0.15, 0.2) is 42.5 Å². The Morgan fingerprint density at radius 2 is 2.00 bits per heavy atom. The third-order valence-corrected chi connectivity index (χ3v) is 4.83. The first-order chi connectivity index (χ1) is 8.56. The van der Waals surface area contributed by atoms with Crippen molar-refractivity contribution in [3.63, 3.8) is 0 Å². The molecule has 0 radical (unpaired) electrons. The van der Waals surface area contributed by atoms with Gasteiger partial charge in [0, 0.05) is 13.4 Å². The van der Waals surface area contributed by atoms with Gasteiger partial charge in [-0.05, 0) is 65.3 Å². The third-order valence-electron chi connectivity index (χ3n) is 2.79. The van der Waals surface area contributed by atoms with Gasteiger partial charge in [-0.1, -0.05) is 57.4 Å². The average Bonchev–Trinajstić information content (AvgIpc) is 2.32. The lowest BCUT2D eigenvalue weighted by Gasteiger charge is -2.13. The summed E-state index contributed by atoms with van der Waals surface area (Å²) >= 11 is 12.2. The number of hydrogen-bond donors (Lipinski definition) is 0. The van der Waals surface area contributed by atoms with Gasteiger partial charge in [-0.3, -0.25) is 0 Å². The van der Waals surface area contributed by atoms with Gasteiger partial charge >= 0.3 is 0 Å². The molecule has 0 aliphatic heterocycles. The van der Waals surface area contributed by atoms with Crippen LogP contribution in [0, 0.1) is 10.5 Å². The zero-order valence-corrected chi connectivity index (χ0v) is 14.5. The maximum absolute atomic E-state index is 6.06. The zero-order valence-electron chi connectivity index (χ0n) is 9.96. The molecule has 0 bridgehead atoms. The second-order valence-electron chi connectivity index (χ2n) is 4.33. The van der Waals surface area contributed by atoms with Gasteiger partial charge in [0.05, 0.1) is 0 Å². The van der Waals surface area contributed by atoms with Crippen LogP contribution in [-0.4, -0.2) is 0 Å². The van der Waals surface area contributed by atoms with Gasteiger partial charge in [0.15, 0.2) is 0 Å². The standard InChI is InChI=1S/C15H13BrClI/c1-10-3-2-4-11(7-10)8-14(16)13-9-12(17)5-6-15(13)18/h2-7,9,14H,8H2,1H3. The summed E-state index contributed by atoms with van der Waals surface area (Å²) in [6.07, 6.45) is 0.970. The van der Waals surface area contributed by atoms with E-state index in [0.29, 0.717) is 4.83 Å². The molecule has 18 heavy (non-hydrogen) atoms. The number of rotatable bonds is 3. The van der Waals surface area contributed by atoms with Crippen LogP contribution in [0.25, 0.3) is 0 Å². The summed E-state index contributed by atoms with van der Waals surface area (Å²) in [6, 6.07) is 14.6. The highest BCUT2D eigenvalue weighted by atomic mass is 127. The minimum Gasteiger partial charge on any atom is -0.0843 e. The smallest absolute Gasteiger partial charge is 0.0446 e. The second kappa shape index (κ2) is 6.40.